The van der Waals surface area contributed by atoms with Gasteiger partial charge in [-0.1, -0.05) is 27.7 Å². The van der Waals surface area contributed by atoms with Crippen LogP contribution in [0.25, 0.3) is 0 Å². The molecule has 4 rings (SSSR count). The number of Topliss-reactive ketones (excluding diaryl/α,β-unsaturated/α-hetero) is 2. The summed E-state index contributed by atoms with van der Waals surface area (Å²) in [5.41, 5.74) is 9.25. The summed E-state index contributed by atoms with van der Waals surface area (Å²) in [5.74, 6) is 0.578. The summed E-state index contributed by atoms with van der Waals surface area (Å²) in [4.78, 5) is 86.7. The zero-order valence-corrected chi connectivity index (χ0v) is 44.4. The number of ketones is 2. The van der Waals surface area contributed by atoms with E-state index in [-0.39, 0.29) is 73.2 Å². The van der Waals surface area contributed by atoms with E-state index in [0.717, 1.165) is 31.2 Å². The Morgan fingerprint density at radius 3 is 1.31 bits per heavy atom. The van der Waals surface area contributed by atoms with E-state index in [9.17, 15) is 28.8 Å². The number of nitrogens with two attached hydrogens (primary N) is 1. The van der Waals surface area contributed by atoms with Crippen molar-refractivity contribution in [2.75, 3.05) is 64.4 Å². The third-order valence-electron chi connectivity index (χ3n) is 7.62. The van der Waals surface area contributed by atoms with Crippen LogP contribution in [0, 0.1) is 6.92 Å². The van der Waals surface area contributed by atoms with E-state index in [1.165, 1.54) is 86.6 Å². The minimum atomic E-state index is -0.361. The van der Waals surface area contributed by atoms with E-state index >= 15 is 0 Å². The first-order valence-electron chi connectivity index (χ1n) is 21.0. The van der Waals surface area contributed by atoms with Crippen LogP contribution in [0.3, 0.4) is 0 Å². The number of nitrogens with one attached hydrogen (secondary N) is 3. The van der Waals surface area contributed by atoms with Crippen molar-refractivity contribution in [1.82, 2.24) is 30.4 Å². The van der Waals surface area contributed by atoms with Gasteiger partial charge in [-0.2, -0.15) is 6.42 Å². The smallest absolute Gasteiger partial charge is 0.384 e. The van der Waals surface area contributed by atoms with Crippen molar-refractivity contribution in [2.24, 2.45) is 0 Å². The second kappa shape index (κ2) is 50.5. The average Bonchev–Trinajstić information content (AvgIpc) is 3.85. The predicted octanol–water partition coefficient (Wildman–Crippen LogP) is 5.93. The SMILES string of the molecule is C.C1CCOC1.CC(=O)Cl.CC(=O)Nc1ccc(C(C)=O)cn1.CC(=O)c1ccc(N)nc1.CCN(C(C)C)C(C)C.CNOC.CON(C)C(=O)c1ccc(NC(C)=O)nc1.Cl.[CH2-]CCC.[Li+]. The molecule has 21 heteroatoms. The summed E-state index contributed by atoms with van der Waals surface area (Å²) in [6.07, 6.45) is 9.12. The van der Waals surface area contributed by atoms with Crippen molar-refractivity contribution >= 4 is 76.0 Å². The van der Waals surface area contributed by atoms with Crippen LogP contribution < -0.4 is 40.7 Å². The van der Waals surface area contributed by atoms with Crippen molar-refractivity contribution < 1.29 is 62.0 Å². The molecular weight excluding hydrogens is 912 g/mol. The molecule has 0 atom stereocenters. The van der Waals surface area contributed by atoms with Gasteiger partial charge in [0.25, 0.3) is 5.91 Å². The molecule has 5 N–H and O–H groups in total. The van der Waals surface area contributed by atoms with Crippen LogP contribution in [0.1, 0.15) is 140 Å². The Bertz CT molecular complexity index is 1700. The van der Waals surface area contributed by atoms with E-state index in [2.05, 4.69) is 101 Å². The molecule has 0 unspecified atom stereocenters. The minimum Gasteiger partial charge on any atom is -0.384 e. The molecule has 0 radical (unpaired) electrons. The number of hydrogen-bond donors (Lipinski definition) is 4. The molecule has 1 aliphatic heterocycles. The molecule has 0 spiro atoms. The van der Waals surface area contributed by atoms with Crippen LogP contribution in [-0.2, 0) is 28.8 Å². The number of anilines is 3. The van der Waals surface area contributed by atoms with E-state index < -0.39 is 0 Å². The third-order valence-corrected chi connectivity index (χ3v) is 7.62. The number of carbonyl (C=O) groups is 6. The minimum absolute atomic E-state index is 0. The number of unbranched alkanes of at least 4 members (excludes halogenated alkanes) is 1. The number of aromatic nitrogens is 3. The fraction of sp³-hybridized carbons (Fsp3) is 0.532. The van der Waals surface area contributed by atoms with Crippen molar-refractivity contribution in [3.05, 3.63) is 78.6 Å². The normalized spacial score (nSPS) is 10.1. The maximum atomic E-state index is 11.6. The second-order valence-corrected chi connectivity index (χ2v) is 14.4. The molecule has 0 saturated carbocycles. The van der Waals surface area contributed by atoms with Crippen LogP contribution in [0.5, 0.6) is 0 Å². The summed E-state index contributed by atoms with van der Waals surface area (Å²) in [6.45, 7) is 27.1. The van der Waals surface area contributed by atoms with Gasteiger partial charge in [0.1, 0.15) is 17.5 Å². The van der Waals surface area contributed by atoms with Crippen molar-refractivity contribution in [3.63, 3.8) is 0 Å². The summed E-state index contributed by atoms with van der Waals surface area (Å²) in [7, 11) is 6.18. The molecule has 4 heterocycles. The number of pyridine rings is 3. The Hall–Kier alpha value is -4.35. The van der Waals surface area contributed by atoms with E-state index in [1.807, 2.05) is 0 Å². The maximum absolute atomic E-state index is 11.6. The first kappa shape index (κ1) is 77.8. The summed E-state index contributed by atoms with van der Waals surface area (Å²) in [6, 6.07) is 11.0. The topological polar surface area (TPSA) is 237 Å². The van der Waals surface area contributed by atoms with Gasteiger partial charge in [-0.25, -0.2) is 25.5 Å². The summed E-state index contributed by atoms with van der Waals surface area (Å²) < 4.78 is 4.94. The fourth-order valence-electron chi connectivity index (χ4n) is 4.35. The quantitative estimate of drug-likeness (QED) is 0.0573. The van der Waals surface area contributed by atoms with Gasteiger partial charge < -0.3 is 32.9 Å². The van der Waals surface area contributed by atoms with E-state index in [1.54, 1.807) is 50.6 Å². The number of halogens is 2. The van der Waals surface area contributed by atoms with Gasteiger partial charge in [-0.05, 0) is 109 Å². The second-order valence-electron chi connectivity index (χ2n) is 13.9. The van der Waals surface area contributed by atoms with Gasteiger partial charge in [0.05, 0.1) is 19.8 Å². The molecule has 1 saturated heterocycles. The molecule has 0 bridgehead atoms. The molecule has 18 nitrogen and oxygen atoms in total. The van der Waals surface area contributed by atoms with Crippen LogP contribution in [0.4, 0.5) is 17.5 Å². The third kappa shape index (κ3) is 48.1. The summed E-state index contributed by atoms with van der Waals surface area (Å²) >= 11 is 4.64. The predicted molar refractivity (Wildman–Crippen MR) is 274 cm³/mol. The van der Waals surface area contributed by atoms with Gasteiger partial charge in [-0.3, -0.25) is 38.5 Å². The van der Waals surface area contributed by atoms with Gasteiger partial charge in [-0.15, -0.1) is 12.4 Å². The Kier molecular flexibility index (Phi) is 57.8. The standard InChI is InChI=1S/C10H13N3O3.C9H10N2O2.C8H19N.C7H8N2O.C4H8O.C4H9.C2H3ClO.C2H7NO.CH4.ClH.Li/c1-7(14)12-9-5-4-8(6-11-9)10(15)13(2)16-3;1-6(12)8-3-4-9(10-5-8)11-7(2)13;1-6-9(7(2)3)8(4)5;1-5(10)6-2-3-7(8)9-4-6;1-2-4-5-3-1;1-3-4-2;1-2(3)4;1-3-4-2;;;/h4-6H,1-3H3,(H,11,12,14);3-5H,1-2H3,(H,10,11,13);7-8H,6H2,1-5H3;2-4H,1H3,(H2,8,9);1-4H2;1,3-4H2,2H3;1H3;3H,1-2H3;1H4;1H;/q;;;;;-1;;;;;+1. The number of rotatable bonds is 11. The van der Waals surface area contributed by atoms with Crippen LogP contribution >= 0.6 is 24.0 Å². The molecule has 0 aliphatic carbocycles. The van der Waals surface area contributed by atoms with E-state index in [4.69, 9.17) is 15.3 Å². The van der Waals surface area contributed by atoms with Crippen molar-refractivity contribution in [3.8, 4) is 0 Å². The molecule has 3 aromatic heterocycles. The van der Waals surface area contributed by atoms with Gasteiger partial charge >= 0.3 is 18.9 Å². The van der Waals surface area contributed by atoms with E-state index in [0.29, 0.717) is 46.2 Å². The number of nitrogens with zero attached hydrogens (tertiary/aromatic N) is 5. The van der Waals surface area contributed by atoms with Gasteiger partial charge in [0.2, 0.25) is 17.1 Å². The molecule has 3 aromatic rings. The molecule has 3 amide bonds. The van der Waals surface area contributed by atoms with Gasteiger partial charge in [0.15, 0.2) is 11.6 Å². The van der Waals surface area contributed by atoms with Crippen LogP contribution in [-0.4, -0.2) is 120 Å². The zero-order chi connectivity index (χ0) is 50.9. The Morgan fingerprint density at radius 2 is 1.12 bits per heavy atom. The molecule has 0 aromatic carbocycles. The monoisotopic (exact) mass is 994 g/mol. The Labute approximate surface area is 430 Å². The molecule has 384 valence electrons. The maximum Gasteiger partial charge on any atom is 1.00 e. The number of amides is 3. The Balaban J connectivity index is -0.000000131. The first-order chi connectivity index (χ1) is 30.5. The van der Waals surface area contributed by atoms with Gasteiger partial charge in [0, 0.05) is 89.9 Å². The zero-order valence-electron chi connectivity index (χ0n) is 42.8. The van der Waals surface area contributed by atoms with Crippen molar-refractivity contribution in [1.29, 1.82) is 0 Å². The number of hydrogen-bond acceptors (Lipinski definition) is 15. The summed E-state index contributed by atoms with van der Waals surface area (Å²) in [5, 5.41) is 5.75. The number of ether oxygens (including phenoxy) is 1. The molecular formula is C47H82Cl2LiN9O9. The average molecular weight is 995 g/mol. The van der Waals surface area contributed by atoms with Crippen LogP contribution in [0.15, 0.2) is 55.0 Å². The van der Waals surface area contributed by atoms with Crippen LogP contribution in [0.2, 0.25) is 0 Å². The number of hydroxylamine groups is 3. The number of carbonyl (C=O) groups excluding carboxylic acids is 6. The first-order valence-corrected chi connectivity index (χ1v) is 21.4. The molecule has 1 aliphatic rings. The van der Waals surface area contributed by atoms with Crippen molar-refractivity contribution in [2.45, 2.75) is 121 Å². The Morgan fingerprint density at radius 1 is 0.765 bits per heavy atom. The molecule has 68 heavy (non-hydrogen) atoms. The largest absolute Gasteiger partial charge is 1.00 e. The number of nitrogen functional groups attached to an aromatic ring is 1. The molecule has 1 fully saturated rings. The fourth-order valence-corrected chi connectivity index (χ4v) is 4.35.